The molecule has 0 unspecified atom stereocenters. The molecule has 4 rings (SSSR count). The summed E-state index contributed by atoms with van der Waals surface area (Å²) in [5, 5.41) is 2.80. The number of esters is 1. The molecule has 7 heteroatoms. The zero-order valence-electron chi connectivity index (χ0n) is 15.3. The number of amides is 2. The molecule has 2 aliphatic rings. The van der Waals surface area contributed by atoms with Crippen molar-refractivity contribution in [2.45, 2.75) is 24.2 Å². The predicted octanol–water partition coefficient (Wildman–Crippen LogP) is 3.26. The van der Waals surface area contributed by atoms with E-state index in [4.69, 9.17) is 4.74 Å². The third-order valence-corrected chi connectivity index (χ3v) is 5.89. The van der Waals surface area contributed by atoms with E-state index < -0.39 is 5.97 Å². The van der Waals surface area contributed by atoms with E-state index >= 15 is 0 Å². The van der Waals surface area contributed by atoms with Crippen molar-refractivity contribution in [2.75, 3.05) is 29.1 Å². The van der Waals surface area contributed by atoms with Gasteiger partial charge in [0.2, 0.25) is 5.91 Å². The lowest BCUT2D eigenvalue weighted by atomic mass is 10.0. The fourth-order valence-corrected chi connectivity index (χ4v) is 4.37. The average Bonchev–Trinajstić information content (AvgIpc) is 2.91. The first-order valence-electron chi connectivity index (χ1n) is 9.24. The number of carbonyl (C=O) groups excluding carboxylic acids is 3. The van der Waals surface area contributed by atoms with Crippen LogP contribution in [0.2, 0.25) is 0 Å². The minimum Gasteiger partial charge on any atom is -0.452 e. The van der Waals surface area contributed by atoms with Gasteiger partial charge in [0.1, 0.15) is 0 Å². The van der Waals surface area contributed by atoms with Crippen LogP contribution in [0.25, 0.3) is 0 Å². The van der Waals surface area contributed by atoms with Gasteiger partial charge in [-0.05, 0) is 42.7 Å². The summed E-state index contributed by atoms with van der Waals surface area (Å²) in [5.74, 6) is -0.186. The van der Waals surface area contributed by atoms with Gasteiger partial charge in [-0.25, -0.2) is 4.79 Å². The Balaban J connectivity index is 1.42. The van der Waals surface area contributed by atoms with Gasteiger partial charge in [0.25, 0.3) is 5.91 Å². The van der Waals surface area contributed by atoms with E-state index in [-0.39, 0.29) is 18.4 Å². The van der Waals surface area contributed by atoms with Gasteiger partial charge in [-0.15, -0.1) is 11.8 Å². The lowest BCUT2D eigenvalue weighted by molar-refractivity contribution is -0.121. The zero-order chi connectivity index (χ0) is 19.5. The smallest absolute Gasteiger partial charge is 0.338 e. The van der Waals surface area contributed by atoms with Crippen LogP contribution in [-0.4, -0.2) is 36.7 Å². The predicted molar refractivity (Wildman–Crippen MR) is 108 cm³/mol. The Bertz CT molecular complexity index is 944. The molecular weight excluding hydrogens is 376 g/mol. The Hall–Kier alpha value is -2.80. The molecule has 0 radical (unpaired) electrons. The molecule has 6 nitrogen and oxygen atoms in total. The first-order valence-corrected chi connectivity index (χ1v) is 10.2. The monoisotopic (exact) mass is 396 g/mol. The number of aryl methyl sites for hydroxylation is 1. The van der Waals surface area contributed by atoms with Crippen molar-refractivity contribution in [1.29, 1.82) is 0 Å². The molecule has 144 valence electrons. The van der Waals surface area contributed by atoms with E-state index in [0.717, 1.165) is 29.0 Å². The minimum atomic E-state index is -0.579. The number of para-hydroxylation sites is 1. The highest BCUT2D eigenvalue weighted by Crippen LogP contribution is 2.32. The maximum atomic E-state index is 12.6. The van der Waals surface area contributed by atoms with Crippen molar-refractivity contribution in [3.63, 3.8) is 0 Å². The number of thioether (sulfide) groups is 1. The van der Waals surface area contributed by atoms with Crippen LogP contribution in [0.1, 0.15) is 28.8 Å². The largest absolute Gasteiger partial charge is 0.452 e. The third-order valence-electron chi connectivity index (χ3n) is 4.81. The second kappa shape index (κ2) is 8.06. The number of rotatable bonds is 3. The molecule has 0 aromatic heterocycles. The first kappa shape index (κ1) is 18.6. The van der Waals surface area contributed by atoms with Crippen molar-refractivity contribution < 1.29 is 19.1 Å². The molecule has 2 aromatic carbocycles. The molecule has 0 spiro atoms. The molecule has 0 saturated heterocycles. The summed E-state index contributed by atoms with van der Waals surface area (Å²) >= 11 is 1.57. The van der Waals surface area contributed by atoms with Crippen molar-refractivity contribution in [2.24, 2.45) is 0 Å². The van der Waals surface area contributed by atoms with Gasteiger partial charge in [0.15, 0.2) is 6.61 Å². The number of ether oxygens (including phenoxy) is 1. The molecule has 2 aliphatic heterocycles. The molecule has 0 bridgehead atoms. The SMILES string of the molecule is O=C1CCSc2ccc(C(=O)OCC(=O)N3CCCc4ccccc43)cc2N1. The number of hydrogen-bond donors (Lipinski definition) is 1. The van der Waals surface area contributed by atoms with Crippen LogP contribution in [0.15, 0.2) is 47.4 Å². The summed E-state index contributed by atoms with van der Waals surface area (Å²) in [6, 6.07) is 12.9. The molecule has 2 heterocycles. The lowest BCUT2D eigenvalue weighted by Crippen LogP contribution is -2.38. The van der Waals surface area contributed by atoms with Crippen LogP contribution in [-0.2, 0) is 20.7 Å². The average molecular weight is 396 g/mol. The lowest BCUT2D eigenvalue weighted by Gasteiger charge is -2.29. The van der Waals surface area contributed by atoms with Crippen LogP contribution in [0.3, 0.4) is 0 Å². The normalized spacial score (nSPS) is 15.7. The summed E-state index contributed by atoms with van der Waals surface area (Å²) in [4.78, 5) is 39.4. The van der Waals surface area contributed by atoms with Crippen LogP contribution in [0.5, 0.6) is 0 Å². The van der Waals surface area contributed by atoms with Crippen LogP contribution in [0.4, 0.5) is 11.4 Å². The van der Waals surface area contributed by atoms with E-state index in [0.29, 0.717) is 30.0 Å². The third kappa shape index (κ3) is 3.89. The van der Waals surface area contributed by atoms with Gasteiger partial charge in [-0.3, -0.25) is 9.59 Å². The molecule has 28 heavy (non-hydrogen) atoms. The Morgan fingerprint density at radius 1 is 1.14 bits per heavy atom. The Morgan fingerprint density at radius 2 is 2.00 bits per heavy atom. The van der Waals surface area contributed by atoms with Crippen LogP contribution >= 0.6 is 11.8 Å². The molecule has 0 aliphatic carbocycles. The van der Waals surface area contributed by atoms with E-state index in [1.165, 1.54) is 0 Å². The fraction of sp³-hybridized carbons (Fsp3) is 0.286. The van der Waals surface area contributed by atoms with Crippen LogP contribution in [0, 0.1) is 0 Å². The van der Waals surface area contributed by atoms with Gasteiger partial charge < -0.3 is 15.0 Å². The molecule has 2 amide bonds. The second-order valence-corrected chi connectivity index (χ2v) is 7.85. The van der Waals surface area contributed by atoms with E-state index in [2.05, 4.69) is 5.32 Å². The summed E-state index contributed by atoms with van der Waals surface area (Å²) < 4.78 is 5.26. The van der Waals surface area contributed by atoms with Crippen molar-refractivity contribution >= 4 is 40.9 Å². The zero-order valence-corrected chi connectivity index (χ0v) is 16.1. The van der Waals surface area contributed by atoms with Gasteiger partial charge in [0.05, 0.1) is 11.3 Å². The first-order chi connectivity index (χ1) is 13.6. The van der Waals surface area contributed by atoms with Crippen molar-refractivity contribution in [1.82, 2.24) is 0 Å². The maximum absolute atomic E-state index is 12.6. The van der Waals surface area contributed by atoms with Gasteiger partial charge in [-0.2, -0.15) is 0 Å². The Labute approximate surface area is 167 Å². The second-order valence-electron chi connectivity index (χ2n) is 6.71. The number of nitrogens with zero attached hydrogens (tertiary/aromatic N) is 1. The molecular formula is C21H20N2O4S. The van der Waals surface area contributed by atoms with Gasteiger partial charge in [0, 0.05) is 29.3 Å². The van der Waals surface area contributed by atoms with E-state index in [1.54, 1.807) is 34.9 Å². The number of benzene rings is 2. The highest BCUT2D eigenvalue weighted by atomic mass is 32.2. The standard InChI is InChI=1S/C21H20N2O4S/c24-19-9-11-28-18-8-7-15(12-16(18)22-19)21(26)27-13-20(25)23-10-3-5-14-4-1-2-6-17(14)23/h1-2,4,6-8,12H,3,5,9-11,13H2,(H,22,24). The molecule has 0 atom stereocenters. The van der Waals surface area contributed by atoms with Crippen LogP contribution < -0.4 is 10.2 Å². The summed E-state index contributed by atoms with van der Waals surface area (Å²) in [7, 11) is 0. The number of hydrogen-bond acceptors (Lipinski definition) is 5. The Kier molecular flexibility index (Phi) is 5.34. The maximum Gasteiger partial charge on any atom is 0.338 e. The summed E-state index contributed by atoms with van der Waals surface area (Å²) in [5.41, 5.74) is 2.94. The van der Waals surface area contributed by atoms with Crippen molar-refractivity contribution in [3.05, 3.63) is 53.6 Å². The number of anilines is 2. The minimum absolute atomic E-state index is 0.0734. The molecule has 1 N–H and O–H groups in total. The van der Waals surface area contributed by atoms with Gasteiger partial charge >= 0.3 is 5.97 Å². The number of fused-ring (bicyclic) bond motifs is 2. The molecule has 0 saturated carbocycles. The van der Waals surface area contributed by atoms with Gasteiger partial charge in [-0.1, -0.05) is 18.2 Å². The number of carbonyl (C=O) groups is 3. The quantitative estimate of drug-likeness (QED) is 0.806. The Morgan fingerprint density at radius 3 is 2.89 bits per heavy atom. The molecule has 0 fully saturated rings. The van der Waals surface area contributed by atoms with E-state index in [1.807, 2.05) is 24.3 Å². The summed E-state index contributed by atoms with van der Waals surface area (Å²) in [6.07, 6.45) is 2.27. The molecule has 2 aromatic rings. The fourth-order valence-electron chi connectivity index (χ4n) is 3.43. The van der Waals surface area contributed by atoms with Crippen molar-refractivity contribution in [3.8, 4) is 0 Å². The topological polar surface area (TPSA) is 75.7 Å². The highest BCUT2D eigenvalue weighted by Gasteiger charge is 2.23. The number of nitrogens with one attached hydrogen (secondary N) is 1. The summed E-state index contributed by atoms with van der Waals surface area (Å²) in [6.45, 7) is 0.306. The highest BCUT2D eigenvalue weighted by molar-refractivity contribution is 7.99. The van der Waals surface area contributed by atoms with E-state index in [9.17, 15) is 14.4 Å².